The average molecular weight is 325 g/mol. The molecule has 3 nitrogen and oxygen atoms in total. The summed E-state index contributed by atoms with van der Waals surface area (Å²) in [4.78, 5) is 5.18. The highest BCUT2D eigenvalue weighted by molar-refractivity contribution is 9.10. The van der Waals surface area contributed by atoms with E-state index in [2.05, 4.69) is 31.8 Å². The zero-order valence-electron chi connectivity index (χ0n) is 11.4. The Kier molecular flexibility index (Phi) is 4.10. The summed E-state index contributed by atoms with van der Waals surface area (Å²) < 4.78 is 6.58. The number of rotatable bonds is 4. The van der Waals surface area contributed by atoms with Crippen molar-refractivity contribution in [2.45, 2.75) is 25.4 Å². The van der Waals surface area contributed by atoms with Crippen molar-refractivity contribution in [3.63, 3.8) is 0 Å². The molecule has 0 atom stereocenters. The molecular formula is C15H21BrN2O. The molecule has 1 aromatic rings. The van der Waals surface area contributed by atoms with Gasteiger partial charge < -0.3 is 4.74 Å². The Morgan fingerprint density at radius 1 is 1.21 bits per heavy atom. The maximum atomic E-state index is 5.45. The van der Waals surface area contributed by atoms with Crippen LogP contribution in [-0.4, -0.2) is 49.1 Å². The van der Waals surface area contributed by atoms with Gasteiger partial charge in [-0.1, -0.05) is 15.9 Å². The minimum atomic E-state index is 0.905. The van der Waals surface area contributed by atoms with Gasteiger partial charge in [-0.2, -0.15) is 0 Å². The van der Waals surface area contributed by atoms with Crippen molar-refractivity contribution in [3.8, 4) is 5.75 Å². The molecule has 4 heteroatoms. The van der Waals surface area contributed by atoms with Gasteiger partial charge in [0.05, 0.1) is 7.11 Å². The van der Waals surface area contributed by atoms with Crippen molar-refractivity contribution in [2.24, 2.45) is 0 Å². The van der Waals surface area contributed by atoms with Crippen LogP contribution in [0.4, 0.5) is 0 Å². The van der Waals surface area contributed by atoms with Crippen LogP contribution in [0.25, 0.3) is 0 Å². The Hall–Kier alpha value is -0.580. The van der Waals surface area contributed by atoms with E-state index in [0.717, 1.165) is 22.8 Å². The predicted molar refractivity (Wildman–Crippen MR) is 80.6 cm³/mol. The van der Waals surface area contributed by atoms with Gasteiger partial charge in [0.1, 0.15) is 5.75 Å². The number of hydrogen-bond acceptors (Lipinski definition) is 3. The van der Waals surface area contributed by atoms with E-state index in [1.165, 1.54) is 44.6 Å². The minimum Gasteiger partial charge on any atom is -0.496 e. The fourth-order valence-electron chi connectivity index (χ4n) is 2.84. The Morgan fingerprint density at radius 3 is 2.58 bits per heavy atom. The molecule has 2 aliphatic rings. The molecule has 3 rings (SSSR count). The number of ether oxygens (including phenoxy) is 1. The van der Waals surface area contributed by atoms with Crippen LogP contribution in [-0.2, 0) is 6.54 Å². The van der Waals surface area contributed by atoms with Crippen molar-refractivity contribution in [1.82, 2.24) is 9.80 Å². The van der Waals surface area contributed by atoms with Crippen LogP contribution >= 0.6 is 15.9 Å². The van der Waals surface area contributed by atoms with E-state index in [1.54, 1.807) is 7.11 Å². The summed E-state index contributed by atoms with van der Waals surface area (Å²) in [6.45, 7) is 5.78. The van der Waals surface area contributed by atoms with E-state index >= 15 is 0 Å². The first-order valence-electron chi connectivity index (χ1n) is 7.05. The van der Waals surface area contributed by atoms with Crippen LogP contribution in [0.15, 0.2) is 22.7 Å². The van der Waals surface area contributed by atoms with E-state index in [-0.39, 0.29) is 0 Å². The van der Waals surface area contributed by atoms with Gasteiger partial charge in [0, 0.05) is 48.8 Å². The number of methoxy groups -OCH3 is 1. The summed E-state index contributed by atoms with van der Waals surface area (Å²) in [5.41, 5.74) is 1.27. The predicted octanol–water partition coefficient (Wildman–Crippen LogP) is 2.74. The highest BCUT2D eigenvalue weighted by Crippen LogP contribution is 2.28. The van der Waals surface area contributed by atoms with Gasteiger partial charge in [-0.15, -0.1) is 0 Å². The molecular weight excluding hydrogens is 304 g/mol. The number of halogens is 1. The van der Waals surface area contributed by atoms with Crippen molar-refractivity contribution in [3.05, 3.63) is 28.2 Å². The summed E-state index contributed by atoms with van der Waals surface area (Å²) in [6, 6.07) is 7.15. The van der Waals surface area contributed by atoms with Gasteiger partial charge >= 0.3 is 0 Å². The van der Waals surface area contributed by atoms with Gasteiger partial charge in [0.15, 0.2) is 0 Å². The maximum Gasteiger partial charge on any atom is 0.123 e. The lowest BCUT2D eigenvalue weighted by Gasteiger charge is -2.35. The lowest BCUT2D eigenvalue weighted by Crippen LogP contribution is -2.46. The summed E-state index contributed by atoms with van der Waals surface area (Å²) in [5.74, 6) is 0.993. The van der Waals surface area contributed by atoms with Gasteiger partial charge in [0.2, 0.25) is 0 Å². The zero-order valence-corrected chi connectivity index (χ0v) is 13.0. The smallest absolute Gasteiger partial charge is 0.123 e. The largest absolute Gasteiger partial charge is 0.496 e. The van der Waals surface area contributed by atoms with Crippen molar-refractivity contribution >= 4 is 15.9 Å². The SMILES string of the molecule is COc1ccc(Br)cc1CN1CCN(C2CC2)CC1. The van der Waals surface area contributed by atoms with E-state index in [4.69, 9.17) is 4.74 Å². The second-order valence-corrected chi connectivity index (χ2v) is 6.42. The molecule has 0 bridgehead atoms. The summed E-state index contributed by atoms with van der Waals surface area (Å²) in [6.07, 6.45) is 2.83. The highest BCUT2D eigenvalue weighted by Gasteiger charge is 2.31. The zero-order chi connectivity index (χ0) is 13.2. The van der Waals surface area contributed by atoms with Crippen LogP contribution in [0, 0.1) is 0 Å². The molecule has 1 aliphatic carbocycles. The molecule has 0 amide bonds. The lowest BCUT2D eigenvalue weighted by molar-refractivity contribution is 0.121. The topological polar surface area (TPSA) is 15.7 Å². The van der Waals surface area contributed by atoms with Crippen LogP contribution in [0.2, 0.25) is 0 Å². The Labute approximate surface area is 123 Å². The summed E-state index contributed by atoms with van der Waals surface area (Å²) in [7, 11) is 1.75. The second-order valence-electron chi connectivity index (χ2n) is 5.50. The molecule has 1 saturated heterocycles. The van der Waals surface area contributed by atoms with Crippen LogP contribution in [0.1, 0.15) is 18.4 Å². The molecule has 104 valence electrons. The molecule has 1 heterocycles. The third-order valence-corrected chi connectivity index (χ3v) is 4.60. The lowest BCUT2D eigenvalue weighted by atomic mass is 10.1. The average Bonchev–Trinajstić information content (AvgIpc) is 3.24. The maximum absolute atomic E-state index is 5.45. The van der Waals surface area contributed by atoms with Crippen molar-refractivity contribution < 1.29 is 4.74 Å². The molecule has 0 radical (unpaired) electrons. The normalized spacial score (nSPS) is 21.6. The molecule has 0 spiro atoms. The van der Waals surface area contributed by atoms with Gasteiger partial charge in [-0.3, -0.25) is 9.80 Å². The highest BCUT2D eigenvalue weighted by atomic mass is 79.9. The molecule has 2 fully saturated rings. The van der Waals surface area contributed by atoms with Crippen LogP contribution in [0.5, 0.6) is 5.75 Å². The van der Waals surface area contributed by atoms with E-state index in [0.29, 0.717) is 0 Å². The van der Waals surface area contributed by atoms with Crippen molar-refractivity contribution in [1.29, 1.82) is 0 Å². The molecule has 0 unspecified atom stereocenters. The van der Waals surface area contributed by atoms with E-state index < -0.39 is 0 Å². The molecule has 1 saturated carbocycles. The van der Waals surface area contributed by atoms with Crippen LogP contribution < -0.4 is 4.74 Å². The molecule has 1 aromatic carbocycles. The fourth-order valence-corrected chi connectivity index (χ4v) is 3.25. The summed E-state index contributed by atoms with van der Waals surface area (Å²) >= 11 is 3.54. The quantitative estimate of drug-likeness (QED) is 0.847. The monoisotopic (exact) mass is 324 g/mol. The molecule has 0 aromatic heterocycles. The third kappa shape index (κ3) is 3.30. The van der Waals surface area contributed by atoms with Crippen LogP contribution in [0.3, 0.4) is 0 Å². The van der Waals surface area contributed by atoms with E-state index in [9.17, 15) is 0 Å². The number of hydrogen-bond donors (Lipinski definition) is 0. The number of piperazine rings is 1. The van der Waals surface area contributed by atoms with Crippen molar-refractivity contribution in [2.75, 3.05) is 33.3 Å². The van der Waals surface area contributed by atoms with Gasteiger partial charge in [0.25, 0.3) is 0 Å². The van der Waals surface area contributed by atoms with Gasteiger partial charge in [-0.05, 0) is 31.0 Å². The second kappa shape index (κ2) is 5.81. The molecule has 1 aliphatic heterocycles. The standard InChI is InChI=1S/C15H21BrN2O/c1-19-15-5-2-13(16)10-12(15)11-17-6-8-18(9-7-17)14-3-4-14/h2,5,10,14H,3-4,6-9,11H2,1H3. The third-order valence-electron chi connectivity index (χ3n) is 4.11. The minimum absolute atomic E-state index is 0.905. The number of benzene rings is 1. The summed E-state index contributed by atoms with van der Waals surface area (Å²) in [5, 5.41) is 0. The molecule has 0 N–H and O–H groups in total. The van der Waals surface area contributed by atoms with E-state index in [1.807, 2.05) is 12.1 Å². The number of nitrogens with zero attached hydrogens (tertiary/aromatic N) is 2. The first-order valence-corrected chi connectivity index (χ1v) is 7.84. The van der Waals surface area contributed by atoms with Gasteiger partial charge in [-0.25, -0.2) is 0 Å². The Morgan fingerprint density at radius 2 is 1.95 bits per heavy atom. The Balaban J connectivity index is 1.60. The first-order chi connectivity index (χ1) is 9.26. The molecule has 19 heavy (non-hydrogen) atoms. The Bertz CT molecular complexity index is 440. The first kappa shape index (κ1) is 13.4. The fraction of sp³-hybridized carbons (Fsp3) is 0.600.